The SMILES string of the molecule is Cc1cc(N2CCN(c3ncccn3)CC2)nc2ccc(NC(=O)C=Cc3ccc(Br)cc3)cc12. The van der Waals surface area contributed by atoms with Crippen LogP contribution in [0.1, 0.15) is 11.1 Å². The number of anilines is 3. The lowest BCUT2D eigenvalue weighted by molar-refractivity contribution is -0.111. The zero-order valence-electron chi connectivity index (χ0n) is 19.4. The van der Waals surface area contributed by atoms with Gasteiger partial charge < -0.3 is 15.1 Å². The minimum atomic E-state index is -0.172. The van der Waals surface area contributed by atoms with Crippen LogP contribution >= 0.6 is 15.9 Å². The Morgan fingerprint density at radius 2 is 1.69 bits per heavy atom. The van der Waals surface area contributed by atoms with Crippen molar-refractivity contribution in [2.75, 3.05) is 41.3 Å². The first-order valence-electron chi connectivity index (χ1n) is 11.5. The van der Waals surface area contributed by atoms with Gasteiger partial charge in [0.1, 0.15) is 5.82 Å². The second kappa shape index (κ2) is 10.2. The van der Waals surface area contributed by atoms with E-state index in [9.17, 15) is 4.79 Å². The molecule has 0 atom stereocenters. The van der Waals surface area contributed by atoms with Gasteiger partial charge in [-0.15, -0.1) is 0 Å². The molecule has 4 aromatic rings. The summed E-state index contributed by atoms with van der Waals surface area (Å²) in [6, 6.07) is 17.6. The molecule has 7 nitrogen and oxygen atoms in total. The predicted molar refractivity (Wildman–Crippen MR) is 145 cm³/mol. The van der Waals surface area contributed by atoms with E-state index in [1.165, 1.54) is 0 Å². The molecule has 2 aromatic carbocycles. The topological polar surface area (TPSA) is 74.2 Å². The molecule has 5 rings (SSSR count). The van der Waals surface area contributed by atoms with Gasteiger partial charge in [-0.1, -0.05) is 28.1 Å². The summed E-state index contributed by atoms with van der Waals surface area (Å²) >= 11 is 3.42. The monoisotopic (exact) mass is 528 g/mol. The van der Waals surface area contributed by atoms with Crippen molar-refractivity contribution in [3.8, 4) is 0 Å². The summed E-state index contributed by atoms with van der Waals surface area (Å²) in [5.74, 6) is 1.57. The second-order valence-corrected chi connectivity index (χ2v) is 9.34. The minimum absolute atomic E-state index is 0.172. The van der Waals surface area contributed by atoms with Gasteiger partial charge in [0, 0.05) is 60.2 Å². The molecular formula is C27H25BrN6O. The van der Waals surface area contributed by atoms with Crippen LogP contribution in [0.3, 0.4) is 0 Å². The second-order valence-electron chi connectivity index (χ2n) is 8.43. The number of benzene rings is 2. The highest BCUT2D eigenvalue weighted by Gasteiger charge is 2.20. The van der Waals surface area contributed by atoms with E-state index >= 15 is 0 Å². The standard InChI is InChI=1S/C27H25BrN6O/c1-19-17-25(33-13-15-34(16-14-33)27-29-11-2-12-30-27)32-24-9-8-22(18-23(19)24)31-26(35)10-5-20-3-6-21(28)7-4-20/h2-12,17-18H,13-16H2,1H3,(H,31,35). The molecule has 35 heavy (non-hydrogen) atoms. The normalized spacial score (nSPS) is 14.0. The number of piperazine rings is 1. The molecule has 2 aromatic heterocycles. The number of fused-ring (bicyclic) bond motifs is 1. The van der Waals surface area contributed by atoms with Crippen molar-refractivity contribution in [3.63, 3.8) is 0 Å². The van der Waals surface area contributed by atoms with Crippen molar-refractivity contribution < 1.29 is 4.79 Å². The zero-order chi connectivity index (χ0) is 24.2. The van der Waals surface area contributed by atoms with Crippen LogP contribution in [-0.4, -0.2) is 47.0 Å². The Labute approximate surface area is 212 Å². The van der Waals surface area contributed by atoms with Crippen LogP contribution in [0.25, 0.3) is 17.0 Å². The Morgan fingerprint density at radius 1 is 0.971 bits per heavy atom. The van der Waals surface area contributed by atoms with Gasteiger partial charge in [-0.25, -0.2) is 15.0 Å². The molecule has 1 N–H and O–H groups in total. The maximum Gasteiger partial charge on any atom is 0.248 e. The highest BCUT2D eigenvalue weighted by Crippen LogP contribution is 2.26. The molecule has 0 bridgehead atoms. The molecule has 0 radical (unpaired) electrons. The molecule has 1 aliphatic heterocycles. The van der Waals surface area contributed by atoms with E-state index in [-0.39, 0.29) is 5.91 Å². The first kappa shape index (κ1) is 23.0. The summed E-state index contributed by atoms with van der Waals surface area (Å²) in [6.07, 6.45) is 6.89. The third-order valence-corrected chi connectivity index (χ3v) is 6.53. The number of nitrogens with one attached hydrogen (secondary N) is 1. The Bertz CT molecular complexity index is 1370. The molecule has 1 fully saturated rings. The van der Waals surface area contributed by atoms with E-state index in [1.807, 2.05) is 48.5 Å². The van der Waals surface area contributed by atoms with Crippen molar-refractivity contribution in [2.45, 2.75) is 6.92 Å². The number of aryl methyl sites for hydroxylation is 1. The first-order valence-corrected chi connectivity index (χ1v) is 12.3. The number of amides is 1. The lowest BCUT2D eigenvalue weighted by Crippen LogP contribution is -2.47. The molecule has 176 valence electrons. The number of carbonyl (C=O) groups is 1. The van der Waals surface area contributed by atoms with Crippen LogP contribution in [0.5, 0.6) is 0 Å². The molecule has 0 aliphatic carbocycles. The lowest BCUT2D eigenvalue weighted by atomic mass is 10.1. The molecule has 1 amide bonds. The number of aromatic nitrogens is 3. The third kappa shape index (κ3) is 5.49. The van der Waals surface area contributed by atoms with E-state index in [0.29, 0.717) is 0 Å². The highest BCUT2D eigenvalue weighted by molar-refractivity contribution is 9.10. The van der Waals surface area contributed by atoms with E-state index < -0.39 is 0 Å². The zero-order valence-corrected chi connectivity index (χ0v) is 20.9. The summed E-state index contributed by atoms with van der Waals surface area (Å²) in [5.41, 5.74) is 3.75. The summed E-state index contributed by atoms with van der Waals surface area (Å²) in [6.45, 7) is 5.49. The Balaban J connectivity index is 1.26. The largest absolute Gasteiger partial charge is 0.353 e. The molecule has 0 spiro atoms. The van der Waals surface area contributed by atoms with E-state index in [1.54, 1.807) is 24.5 Å². The van der Waals surface area contributed by atoms with E-state index in [4.69, 9.17) is 4.98 Å². The van der Waals surface area contributed by atoms with Gasteiger partial charge in [0.2, 0.25) is 11.9 Å². The third-order valence-electron chi connectivity index (χ3n) is 6.01. The van der Waals surface area contributed by atoms with Crippen LogP contribution in [0.15, 0.2) is 77.5 Å². The minimum Gasteiger partial charge on any atom is -0.353 e. The first-order chi connectivity index (χ1) is 17.0. The fourth-order valence-corrected chi connectivity index (χ4v) is 4.40. The van der Waals surface area contributed by atoms with Gasteiger partial charge in [0.25, 0.3) is 0 Å². The summed E-state index contributed by atoms with van der Waals surface area (Å²) in [5, 5.41) is 3.98. The maximum atomic E-state index is 12.4. The number of pyridine rings is 1. The highest BCUT2D eigenvalue weighted by atomic mass is 79.9. The van der Waals surface area contributed by atoms with Gasteiger partial charge >= 0.3 is 0 Å². The van der Waals surface area contributed by atoms with E-state index in [2.05, 4.69) is 54.0 Å². The maximum absolute atomic E-state index is 12.4. The van der Waals surface area contributed by atoms with Crippen LogP contribution in [0.2, 0.25) is 0 Å². The van der Waals surface area contributed by atoms with Crippen LogP contribution in [0, 0.1) is 6.92 Å². The summed E-state index contributed by atoms with van der Waals surface area (Å²) in [7, 11) is 0. The van der Waals surface area contributed by atoms with Crippen molar-refractivity contribution >= 4 is 56.3 Å². The molecule has 1 saturated heterocycles. The quantitative estimate of drug-likeness (QED) is 0.364. The number of rotatable bonds is 5. The van der Waals surface area contributed by atoms with Crippen LogP contribution in [0.4, 0.5) is 17.5 Å². The molecule has 3 heterocycles. The Kier molecular flexibility index (Phi) is 6.72. The van der Waals surface area contributed by atoms with Crippen LogP contribution < -0.4 is 15.1 Å². The van der Waals surface area contributed by atoms with Crippen molar-refractivity contribution in [1.82, 2.24) is 15.0 Å². The average Bonchev–Trinajstić information content (AvgIpc) is 2.89. The van der Waals surface area contributed by atoms with Gasteiger partial charge in [0.15, 0.2) is 0 Å². The van der Waals surface area contributed by atoms with E-state index in [0.717, 1.165) is 70.1 Å². The van der Waals surface area contributed by atoms with Crippen molar-refractivity contribution in [2.24, 2.45) is 0 Å². The summed E-state index contributed by atoms with van der Waals surface area (Å²) < 4.78 is 1.01. The molecule has 0 saturated carbocycles. The number of hydrogen-bond donors (Lipinski definition) is 1. The molecule has 8 heteroatoms. The number of hydrogen-bond acceptors (Lipinski definition) is 6. The Morgan fingerprint density at radius 3 is 2.43 bits per heavy atom. The molecule has 1 aliphatic rings. The smallest absolute Gasteiger partial charge is 0.248 e. The lowest BCUT2D eigenvalue weighted by Gasteiger charge is -2.35. The van der Waals surface area contributed by atoms with Gasteiger partial charge in [-0.3, -0.25) is 4.79 Å². The number of nitrogens with zero attached hydrogens (tertiary/aromatic N) is 5. The van der Waals surface area contributed by atoms with Gasteiger partial charge in [-0.05, 0) is 66.6 Å². The van der Waals surface area contributed by atoms with Gasteiger partial charge in [-0.2, -0.15) is 0 Å². The summed E-state index contributed by atoms with van der Waals surface area (Å²) in [4.78, 5) is 30.5. The number of carbonyl (C=O) groups excluding carboxylic acids is 1. The Hall–Kier alpha value is -3.78. The average molecular weight is 529 g/mol. The van der Waals surface area contributed by atoms with Crippen molar-refractivity contribution in [3.05, 3.63) is 88.7 Å². The number of halogens is 1. The van der Waals surface area contributed by atoms with Gasteiger partial charge in [0.05, 0.1) is 5.52 Å². The predicted octanol–water partition coefficient (Wildman–Crippen LogP) is 5.07. The van der Waals surface area contributed by atoms with Crippen molar-refractivity contribution in [1.29, 1.82) is 0 Å². The molecular weight excluding hydrogens is 504 g/mol. The van der Waals surface area contributed by atoms with Crippen LogP contribution in [-0.2, 0) is 4.79 Å². The fourth-order valence-electron chi connectivity index (χ4n) is 4.14. The fraction of sp³-hybridized carbons (Fsp3) is 0.185. The molecule has 0 unspecified atom stereocenters.